The quantitative estimate of drug-likeness (QED) is 0.904. The lowest BCUT2D eigenvalue weighted by Gasteiger charge is -2.20. The molecular weight excluding hydrogens is 271 g/mol. The van der Waals surface area contributed by atoms with Gasteiger partial charge in [-0.15, -0.1) is 0 Å². The Balaban J connectivity index is 2.02. The van der Waals surface area contributed by atoms with E-state index < -0.39 is 11.7 Å². The third-order valence-corrected chi connectivity index (χ3v) is 3.35. The van der Waals surface area contributed by atoms with Crippen LogP contribution in [-0.2, 0) is 15.7 Å². The van der Waals surface area contributed by atoms with E-state index in [0.717, 1.165) is 18.6 Å². The van der Waals surface area contributed by atoms with Crippen molar-refractivity contribution in [2.24, 2.45) is 0 Å². The molecule has 0 spiro atoms. The zero-order chi connectivity index (χ0) is 14.6. The van der Waals surface area contributed by atoms with Crippen LogP contribution in [0.4, 0.5) is 13.2 Å². The number of hydrogen-bond donors (Lipinski definition) is 1. The Morgan fingerprint density at radius 1 is 1.45 bits per heavy atom. The van der Waals surface area contributed by atoms with Gasteiger partial charge in [0.15, 0.2) is 0 Å². The Hall–Kier alpha value is -1.11. The summed E-state index contributed by atoms with van der Waals surface area (Å²) in [5.74, 6) is 0. The second-order valence-corrected chi connectivity index (χ2v) is 4.78. The molecule has 1 saturated heterocycles. The van der Waals surface area contributed by atoms with E-state index in [1.54, 1.807) is 13.1 Å². The molecule has 3 nitrogen and oxygen atoms in total. The van der Waals surface area contributed by atoms with Gasteiger partial charge in [0.1, 0.15) is 0 Å². The highest BCUT2D eigenvalue weighted by Gasteiger charge is 2.31. The molecule has 2 unspecified atom stereocenters. The van der Waals surface area contributed by atoms with Crippen molar-refractivity contribution in [3.63, 3.8) is 0 Å². The number of ether oxygens (including phenoxy) is 2. The van der Waals surface area contributed by atoms with Crippen LogP contribution in [0.2, 0.25) is 0 Å². The lowest BCUT2D eigenvalue weighted by molar-refractivity contribution is -0.137. The third-order valence-electron chi connectivity index (χ3n) is 3.35. The minimum Gasteiger partial charge on any atom is -0.379 e. The summed E-state index contributed by atoms with van der Waals surface area (Å²) in [6.07, 6.45) is -3.45. The van der Waals surface area contributed by atoms with E-state index in [-0.39, 0.29) is 12.1 Å². The van der Waals surface area contributed by atoms with E-state index in [1.807, 2.05) is 0 Å². The summed E-state index contributed by atoms with van der Waals surface area (Å²) in [6, 6.07) is 5.06. The normalized spacial score (nSPS) is 21.1. The van der Waals surface area contributed by atoms with Gasteiger partial charge in [-0.1, -0.05) is 12.1 Å². The van der Waals surface area contributed by atoms with Gasteiger partial charge in [-0.05, 0) is 31.2 Å². The van der Waals surface area contributed by atoms with Gasteiger partial charge in [0, 0.05) is 6.61 Å². The molecule has 1 N–H and O–H groups in total. The van der Waals surface area contributed by atoms with Gasteiger partial charge in [-0.25, -0.2) is 0 Å². The second kappa shape index (κ2) is 6.56. The van der Waals surface area contributed by atoms with Gasteiger partial charge < -0.3 is 14.8 Å². The minimum absolute atomic E-state index is 0.0386. The Morgan fingerprint density at radius 2 is 2.25 bits per heavy atom. The highest BCUT2D eigenvalue weighted by molar-refractivity contribution is 5.28. The van der Waals surface area contributed by atoms with E-state index in [9.17, 15) is 13.2 Å². The van der Waals surface area contributed by atoms with Crippen LogP contribution >= 0.6 is 0 Å². The zero-order valence-corrected chi connectivity index (χ0v) is 11.2. The molecule has 0 aliphatic carbocycles. The molecule has 0 radical (unpaired) electrons. The van der Waals surface area contributed by atoms with E-state index in [4.69, 9.17) is 9.47 Å². The predicted molar refractivity (Wildman–Crippen MR) is 68.4 cm³/mol. The maximum absolute atomic E-state index is 12.7. The van der Waals surface area contributed by atoms with Crippen LogP contribution in [0, 0.1) is 0 Å². The number of halogens is 3. The summed E-state index contributed by atoms with van der Waals surface area (Å²) in [4.78, 5) is 0. The van der Waals surface area contributed by atoms with E-state index in [0.29, 0.717) is 25.4 Å². The molecule has 1 heterocycles. The summed E-state index contributed by atoms with van der Waals surface area (Å²) in [7, 11) is 1.71. The van der Waals surface area contributed by atoms with Gasteiger partial charge in [-0.3, -0.25) is 0 Å². The monoisotopic (exact) mass is 289 g/mol. The minimum atomic E-state index is -4.32. The molecule has 1 fully saturated rings. The molecular formula is C14H18F3NO2. The zero-order valence-electron chi connectivity index (χ0n) is 11.2. The van der Waals surface area contributed by atoms with Crippen LogP contribution in [0.25, 0.3) is 0 Å². The second-order valence-electron chi connectivity index (χ2n) is 4.78. The maximum Gasteiger partial charge on any atom is 0.416 e. The fraction of sp³-hybridized carbons (Fsp3) is 0.571. The number of nitrogens with one attached hydrogen (secondary N) is 1. The summed E-state index contributed by atoms with van der Waals surface area (Å²) in [6.45, 7) is 1.56. The van der Waals surface area contributed by atoms with Crippen LogP contribution in [0.1, 0.15) is 23.6 Å². The van der Waals surface area contributed by atoms with Crippen molar-refractivity contribution in [3.8, 4) is 0 Å². The first-order chi connectivity index (χ1) is 9.50. The highest BCUT2D eigenvalue weighted by Crippen LogP contribution is 2.30. The molecule has 1 aromatic carbocycles. The summed E-state index contributed by atoms with van der Waals surface area (Å²) in [5.41, 5.74) is -0.0688. The van der Waals surface area contributed by atoms with E-state index in [2.05, 4.69) is 5.32 Å². The first kappa shape index (κ1) is 15.3. The number of hydrogen-bond acceptors (Lipinski definition) is 3. The summed E-state index contributed by atoms with van der Waals surface area (Å²) < 4.78 is 49.0. The summed E-state index contributed by atoms with van der Waals surface area (Å²) >= 11 is 0. The Morgan fingerprint density at radius 3 is 2.85 bits per heavy atom. The highest BCUT2D eigenvalue weighted by atomic mass is 19.4. The SMILES string of the molecule is CNC(COC1CCOC1)c1cccc(C(F)(F)F)c1. The topological polar surface area (TPSA) is 30.5 Å². The molecule has 2 atom stereocenters. The third kappa shape index (κ3) is 3.94. The van der Waals surface area contributed by atoms with Gasteiger partial charge in [0.05, 0.1) is 30.9 Å². The van der Waals surface area contributed by atoms with Crippen molar-refractivity contribution in [2.45, 2.75) is 24.7 Å². The van der Waals surface area contributed by atoms with Gasteiger partial charge >= 0.3 is 6.18 Å². The van der Waals surface area contributed by atoms with Crippen molar-refractivity contribution < 1.29 is 22.6 Å². The van der Waals surface area contributed by atoms with Crippen molar-refractivity contribution in [1.82, 2.24) is 5.32 Å². The molecule has 1 aromatic rings. The largest absolute Gasteiger partial charge is 0.416 e. The van der Waals surface area contributed by atoms with Gasteiger partial charge in [0.25, 0.3) is 0 Å². The standard InChI is InChI=1S/C14H18F3NO2/c1-18-13(9-20-12-5-6-19-8-12)10-3-2-4-11(7-10)14(15,16)17/h2-4,7,12-13,18H,5-6,8-9H2,1H3. The molecule has 20 heavy (non-hydrogen) atoms. The predicted octanol–water partition coefficient (Wildman–Crippen LogP) is 2.77. The average Bonchev–Trinajstić information content (AvgIpc) is 2.92. The van der Waals surface area contributed by atoms with Crippen LogP contribution in [0.15, 0.2) is 24.3 Å². The number of likely N-dealkylation sites (N-methyl/N-ethyl adjacent to an activating group) is 1. The molecule has 0 bridgehead atoms. The Kier molecular flexibility index (Phi) is 5.01. The van der Waals surface area contributed by atoms with Crippen LogP contribution in [0.3, 0.4) is 0 Å². The lowest BCUT2D eigenvalue weighted by Crippen LogP contribution is -2.25. The fourth-order valence-electron chi connectivity index (χ4n) is 2.15. The molecule has 1 aliphatic rings. The van der Waals surface area contributed by atoms with Crippen LogP contribution in [0.5, 0.6) is 0 Å². The first-order valence-corrected chi connectivity index (χ1v) is 6.54. The van der Waals surface area contributed by atoms with Gasteiger partial charge in [-0.2, -0.15) is 13.2 Å². The van der Waals surface area contributed by atoms with Crippen molar-refractivity contribution >= 4 is 0 Å². The fourth-order valence-corrected chi connectivity index (χ4v) is 2.15. The van der Waals surface area contributed by atoms with Crippen molar-refractivity contribution in [1.29, 1.82) is 0 Å². The smallest absolute Gasteiger partial charge is 0.379 e. The van der Waals surface area contributed by atoms with E-state index in [1.165, 1.54) is 6.07 Å². The van der Waals surface area contributed by atoms with Crippen molar-refractivity contribution in [2.75, 3.05) is 26.9 Å². The Bertz CT molecular complexity index is 431. The molecule has 6 heteroatoms. The van der Waals surface area contributed by atoms with E-state index >= 15 is 0 Å². The lowest BCUT2D eigenvalue weighted by atomic mass is 10.0. The molecule has 2 rings (SSSR count). The average molecular weight is 289 g/mol. The van der Waals surface area contributed by atoms with Gasteiger partial charge in [0.2, 0.25) is 0 Å². The number of alkyl halides is 3. The van der Waals surface area contributed by atoms with Crippen LogP contribution in [-0.4, -0.2) is 33.0 Å². The molecule has 0 amide bonds. The number of rotatable bonds is 5. The summed E-state index contributed by atoms with van der Waals surface area (Å²) in [5, 5.41) is 2.99. The molecule has 0 saturated carbocycles. The Labute approximate surface area is 116 Å². The number of benzene rings is 1. The molecule has 0 aromatic heterocycles. The van der Waals surface area contributed by atoms with Crippen LogP contribution < -0.4 is 5.32 Å². The van der Waals surface area contributed by atoms with Crippen molar-refractivity contribution in [3.05, 3.63) is 35.4 Å². The maximum atomic E-state index is 12.7. The molecule has 112 valence electrons. The molecule has 1 aliphatic heterocycles. The first-order valence-electron chi connectivity index (χ1n) is 6.54.